The summed E-state index contributed by atoms with van der Waals surface area (Å²) in [7, 11) is 0. The van der Waals surface area contributed by atoms with E-state index in [1.165, 1.54) is 5.17 Å². The lowest BCUT2D eigenvalue weighted by atomic mass is 10.8. The van der Waals surface area contributed by atoms with Crippen LogP contribution in [0, 0.1) is 0 Å². The van der Waals surface area contributed by atoms with E-state index < -0.39 is 0 Å². The molecule has 0 fully saturated rings. The molecule has 0 atom stereocenters. The van der Waals surface area contributed by atoms with Crippen LogP contribution in [0.15, 0.2) is 5.10 Å². The van der Waals surface area contributed by atoms with Crippen molar-refractivity contribution in [2.45, 2.75) is 0 Å². The first kappa shape index (κ1) is 4.87. The van der Waals surface area contributed by atoms with Crippen molar-refractivity contribution < 1.29 is 4.84 Å². The molecule has 1 aliphatic rings. The van der Waals surface area contributed by atoms with Crippen LogP contribution in [0.3, 0.4) is 0 Å². The van der Waals surface area contributed by atoms with E-state index in [-0.39, 0.29) is 0 Å². The Hall–Kier alpha value is -0.280. The number of halogens is 1. The molecular weight excluding hydrogens is 115 g/mol. The number of hydrazone groups is 1. The Morgan fingerprint density at radius 3 is 3.14 bits per heavy atom. The molecule has 3 nitrogen and oxygen atoms in total. The highest BCUT2D eigenvalue weighted by Crippen LogP contribution is 1.96. The average molecular weight is 121 g/mol. The predicted octanol–water partition coefficient (Wildman–Crippen LogP) is 0.416. The van der Waals surface area contributed by atoms with E-state index in [1.807, 2.05) is 0 Å². The summed E-state index contributed by atoms with van der Waals surface area (Å²) < 4.78 is 0. The molecular formula is C3H5ClN2O. The lowest BCUT2D eigenvalue weighted by Crippen LogP contribution is -2.09. The zero-order chi connectivity index (χ0) is 5.11. The first-order valence-electron chi connectivity index (χ1n) is 1.92. The SMILES string of the molecule is ClCN1N=CCO1. The molecule has 0 N–H and O–H groups in total. The van der Waals surface area contributed by atoms with Gasteiger partial charge in [0.05, 0.1) is 6.21 Å². The molecule has 4 heteroatoms. The molecule has 1 aliphatic heterocycles. The summed E-state index contributed by atoms with van der Waals surface area (Å²) in [6, 6.07) is 0.302. The fourth-order valence-electron chi connectivity index (χ4n) is 0.342. The van der Waals surface area contributed by atoms with Gasteiger partial charge in [0, 0.05) is 0 Å². The third-order valence-electron chi connectivity index (χ3n) is 0.611. The van der Waals surface area contributed by atoms with E-state index in [0.717, 1.165) is 0 Å². The van der Waals surface area contributed by atoms with E-state index in [0.29, 0.717) is 12.6 Å². The summed E-state index contributed by atoms with van der Waals surface area (Å²) in [6.45, 7) is 0.548. The fourth-order valence-corrected chi connectivity index (χ4v) is 0.473. The number of alkyl halides is 1. The highest BCUT2D eigenvalue weighted by molar-refractivity contribution is 6.17. The highest BCUT2D eigenvalue weighted by atomic mass is 35.5. The Balaban J connectivity index is 2.28. The van der Waals surface area contributed by atoms with E-state index >= 15 is 0 Å². The molecule has 0 aliphatic carbocycles. The van der Waals surface area contributed by atoms with Crippen LogP contribution in [0.5, 0.6) is 0 Å². The molecule has 0 aromatic heterocycles. The van der Waals surface area contributed by atoms with Gasteiger partial charge in [-0.1, -0.05) is 11.6 Å². The molecule has 1 heterocycles. The normalized spacial score (nSPS) is 18.7. The Morgan fingerprint density at radius 2 is 2.86 bits per heavy atom. The summed E-state index contributed by atoms with van der Waals surface area (Å²) in [4.78, 5) is 4.78. The van der Waals surface area contributed by atoms with Gasteiger partial charge >= 0.3 is 0 Å². The maximum absolute atomic E-state index is 5.29. The van der Waals surface area contributed by atoms with Crippen molar-refractivity contribution >= 4 is 17.8 Å². The van der Waals surface area contributed by atoms with Gasteiger partial charge in [-0.3, -0.25) is 0 Å². The van der Waals surface area contributed by atoms with E-state index in [2.05, 4.69) is 5.10 Å². The third kappa shape index (κ3) is 1.04. The van der Waals surface area contributed by atoms with Gasteiger partial charge in [0.25, 0.3) is 0 Å². The quantitative estimate of drug-likeness (QED) is 0.370. The van der Waals surface area contributed by atoms with Crippen LogP contribution < -0.4 is 0 Å². The summed E-state index contributed by atoms with van der Waals surface area (Å²) >= 11 is 5.29. The van der Waals surface area contributed by atoms with Gasteiger partial charge in [-0.2, -0.15) is 10.3 Å². The van der Waals surface area contributed by atoms with Gasteiger partial charge in [0.2, 0.25) is 0 Å². The van der Waals surface area contributed by atoms with Crippen molar-refractivity contribution in [3.63, 3.8) is 0 Å². The smallest absolute Gasteiger partial charge is 0.139 e. The monoisotopic (exact) mass is 120 g/mol. The highest BCUT2D eigenvalue weighted by Gasteiger charge is 2.00. The Labute approximate surface area is 46.5 Å². The van der Waals surface area contributed by atoms with Crippen molar-refractivity contribution in [1.82, 2.24) is 5.17 Å². The summed E-state index contributed by atoms with van der Waals surface area (Å²) in [5, 5.41) is 5.03. The topological polar surface area (TPSA) is 24.8 Å². The van der Waals surface area contributed by atoms with E-state index in [4.69, 9.17) is 16.4 Å². The molecule has 0 aromatic rings. The number of rotatable bonds is 1. The second-order valence-corrected chi connectivity index (χ2v) is 1.30. The molecule has 0 spiro atoms. The summed E-state index contributed by atoms with van der Waals surface area (Å²) in [6.07, 6.45) is 1.66. The molecule has 0 saturated carbocycles. The minimum Gasteiger partial charge on any atom is -0.250 e. The van der Waals surface area contributed by atoms with Crippen LogP contribution in [-0.4, -0.2) is 24.0 Å². The van der Waals surface area contributed by atoms with Crippen LogP contribution in [-0.2, 0) is 4.84 Å². The molecule has 40 valence electrons. The zero-order valence-corrected chi connectivity index (χ0v) is 4.43. The van der Waals surface area contributed by atoms with Crippen LogP contribution >= 0.6 is 11.6 Å². The Bertz CT molecular complexity index is 85.0. The molecule has 0 aromatic carbocycles. The number of nitrogens with zero attached hydrogens (tertiary/aromatic N) is 2. The van der Waals surface area contributed by atoms with Gasteiger partial charge < -0.3 is 0 Å². The van der Waals surface area contributed by atoms with E-state index in [1.54, 1.807) is 6.21 Å². The Kier molecular flexibility index (Phi) is 1.49. The second-order valence-electron chi connectivity index (χ2n) is 1.07. The minimum absolute atomic E-state index is 0.302. The molecule has 0 bridgehead atoms. The minimum atomic E-state index is 0.302. The van der Waals surface area contributed by atoms with Crippen LogP contribution in [0.25, 0.3) is 0 Å². The van der Waals surface area contributed by atoms with E-state index in [9.17, 15) is 0 Å². The molecule has 7 heavy (non-hydrogen) atoms. The van der Waals surface area contributed by atoms with Crippen molar-refractivity contribution in [1.29, 1.82) is 0 Å². The number of hydrogen-bond acceptors (Lipinski definition) is 3. The van der Waals surface area contributed by atoms with Gasteiger partial charge in [0.15, 0.2) is 0 Å². The molecule has 0 amide bonds. The van der Waals surface area contributed by atoms with Crippen LogP contribution in [0.1, 0.15) is 0 Å². The fraction of sp³-hybridized carbons (Fsp3) is 0.667. The van der Waals surface area contributed by atoms with Crippen molar-refractivity contribution in [2.75, 3.05) is 12.6 Å². The Morgan fingerprint density at radius 1 is 2.00 bits per heavy atom. The summed E-state index contributed by atoms with van der Waals surface area (Å²) in [5.74, 6) is 0. The van der Waals surface area contributed by atoms with Crippen LogP contribution in [0.4, 0.5) is 0 Å². The third-order valence-corrected chi connectivity index (χ3v) is 0.815. The van der Waals surface area contributed by atoms with Crippen molar-refractivity contribution in [3.05, 3.63) is 0 Å². The average Bonchev–Trinajstić information content (AvgIpc) is 2.14. The largest absolute Gasteiger partial charge is 0.250 e. The lowest BCUT2D eigenvalue weighted by Gasteiger charge is -2.04. The summed E-state index contributed by atoms with van der Waals surface area (Å²) in [5.41, 5.74) is 0. The van der Waals surface area contributed by atoms with Crippen molar-refractivity contribution in [3.8, 4) is 0 Å². The molecule has 1 rings (SSSR count). The second kappa shape index (κ2) is 2.14. The first-order chi connectivity index (χ1) is 3.43. The maximum atomic E-state index is 5.29. The standard InChI is InChI=1S/C3H5ClN2O/c4-3-6-5-1-2-7-6/h1H,2-3H2. The van der Waals surface area contributed by atoms with Gasteiger partial charge in [-0.25, -0.2) is 4.84 Å². The number of hydroxylamine groups is 1. The predicted molar refractivity (Wildman–Crippen MR) is 27.0 cm³/mol. The lowest BCUT2D eigenvalue weighted by molar-refractivity contribution is -0.110. The molecule has 0 saturated heterocycles. The first-order valence-corrected chi connectivity index (χ1v) is 2.46. The van der Waals surface area contributed by atoms with Gasteiger partial charge in [-0.15, -0.1) is 0 Å². The molecule has 0 unspecified atom stereocenters. The van der Waals surface area contributed by atoms with Gasteiger partial charge in [0.1, 0.15) is 12.6 Å². The molecule has 0 radical (unpaired) electrons. The zero-order valence-electron chi connectivity index (χ0n) is 3.67. The maximum Gasteiger partial charge on any atom is 0.139 e. The number of hydrogen-bond donors (Lipinski definition) is 0. The van der Waals surface area contributed by atoms with Crippen molar-refractivity contribution in [2.24, 2.45) is 5.10 Å². The van der Waals surface area contributed by atoms with Gasteiger partial charge in [-0.05, 0) is 0 Å². The van der Waals surface area contributed by atoms with Crippen LogP contribution in [0.2, 0.25) is 0 Å².